The van der Waals surface area contributed by atoms with E-state index in [4.69, 9.17) is 4.74 Å². The monoisotopic (exact) mass is 436 g/mol. The summed E-state index contributed by atoms with van der Waals surface area (Å²) in [6.45, 7) is 3.94. The SMILES string of the molecule is C=CCNS(=O)(=O)Cc1ccc(NC(=O)c2ccccc2COc2ccccc2)cc1. The van der Waals surface area contributed by atoms with Crippen molar-refractivity contribution in [2.75, 3.05) is 11.9 Å². The molecule has 3 rings (SSSR count). The van der Waals surface area contributed by atoms with Crippen molar-refractivity contribution < 1.29 is 17.9 Å². The van der Waals surface area contributed by atoms with Crippen molar-refractivity contribution in [2.45, 2.75) is 12.4 Å². The largest absolute Gasteiger partial charge is 0.489 e. The molecule has 0 bridgehead atoms. The average Bonchev–Trinajstić information content (AvgIpc) is 2.78. The van der Waals surface area contributed by atoms with E-state index in [0.29, 0.717) is 16.8 Å². The first kappa shape index (κ1) is 22.3. The van der Waals surface area contributed by atoms with E-state index in [-0.39, 0.29) is 24.8 Å². The van der Waals surface area contributed by atoms with Crippen LogP contribution in [0, 0.1) is 0 Å². The Hall–Kier alpha value is -3.42. The fraction of sp³-hybridized carbons (Fsp3) is 0.125. The predicted molar refractivity (Wildman–Crippen MR) is 122 cm³/mol. The second kappa shape index (κ2) is 10.6. The Morgan fingerprint density at radius 3 is 2.32 bits per heavy atom. The molecular weight excluding hydrogens is 412 g/mol. The lowest BCUT2D eigenvalue weighted by atomic mass is 10.1. The molecule has 0 saturated heterocycles. The van der Waals surface area contributed by atoms with Gasteiger partial charge in [0.25, 0.3) is 5.91 Å². The topological polar surface area (TPSA) is 84.5 Å². The number of carbonyl (C=O) groups excluding carboxylic acids is 1. The van der Waals surface area contributed by atoms with Gasteiger partial charge in [0.2, 0.25) is 10.0 Å². The number of ether oxygens (including phenoxy) is 1. The van der Waals surface area contributed by atoms with E-state index >= 15 is 0 Å². The molecule has 2 N–H and O–H groups in total. The van der Waals surface area contributed by atoms with E-state index < -0.39 is 10.0 Å². The van der Waals surface area contributed by atoms with Gasteiger partial charge in [0.15, 0.2) is 0 Å². The minimum atomic E-state index is -3.43. The van der Waals surface area contributed by atoms with E-state index in [2.05, 4.69) is 16.6 Å². The first-order valence-corrected chi connectivity index (χ1v) is 11.4. The van der Waals surface area contributed by atoms with Crippen molar-refractivity contribution in [3.05, 3.63) is 108 Å². The molecule has 6 nitrogen and oxygen atoms in total. The van der Waals surface area contributed by atoms with Crippen molar-refractivity contribution in [1.82, 2.24) is 4.72 Å². The molecule has 3 aromatic carbocycles. The molecule has 0 heterocycles. The Morgan fingerprint density at radius 1 is 0.935 bits per heavy atom. The highest BCUT2D eigenvalue weighted by Gasteiger charge is 2.13. The molecule has 0 atom stereocenters. The molecule has 0 aliphatic heterocycles. The van der Waals surface area contributed by atoms with Gasteiger partial charge in [-0.25, -0.2) is 13.1 Å². The molecule has 1 amide bonds. The summed E-state index contributed by atoms with van der Waals surface area (Å²) in [5, 5.41) is 2.85. The first-order valence-electron chi connectivity index (χ1n) is 9.71. The molecule has 0 aliphatic carbocycles. The summed E-state index contributed by atoms with van der Waals surface area (Å²) < 4.78 is 32.1. The molecule has 160 valence electrons. The molecule has 0 fully saturated rings. The van der Waals surface area contributed by atoms with E-state index in [1.807, 2.05) is 42.5 Å². The number of hydrogen-bond donors (Lipinski definition) is 2. The number of benzene rings is 3. The number of para-hydroxylation sites is 1. The fourth-order valence-electron chi connectivity index (χ4n) is 2.88. The Morgan fingerprint density at radius 2 is 1.61 bits per heavy atom. The van der Waals surface area contributed by atoms with Gasteiger partial charge in [-0.1, -0.05) is 54.6 Å². The smallest absolute Gasteiger partial charge is 0.256 e. The zero-order chi connectivity index (χ0) is 22.1. The van der Waals surface area contributed by atoms with Gasteiger partial charge in [0.1, 0.15) is 12.4 Å². The summed E-state index contributed by atoms with van der Waals surface area (Å²) in [5.74, 6) is 0.320. The Balaban J connectivity index is 1.64. The van der Waals surface area contributed by atoms with Crippen LogP contribution < -0.4 is 14.8 Å². The summed E-state index contributed by atoms with van der Waals surface area (Å²) in [6, 6.07) is 23.4. The number of nitrogens with one attached hydrogen (secondary N) is 2. The molecule has 0 spiro atoms. The summed E-state index contributed by atoms with van der Waals surface area (Å²) in [5.41, 5.74) is 2.47. The Kier molecular flexibility index (Phi) is 7.59. The number of amides is 1. The maximum atomic E-state index is 12.8. The van der Waals surface area contributed by atoms with Gasteiger partial charge in [-0.2, -0.15) is 0 Å². The molecule has 0 unspecified atom stereocenters. The van der Waals surface area contributed by atoms with Crippen LogP contribution in [0.2, 0.25) is 0 Å². The summed E-state index contributed by atoms with van der Waals surface area (Å²) in [7, 11) is -3.43. The molecule has 31 heavy (non-hydrogen) atoms. The lowest BCUT2D eigenvalue weighted by molar-refractivity contribution is 0.102. The minimum Gasteiger partial charge on any atom is -0.489 e. The van der Waals surface area contributed by atoms with E-state index in [9.17, 15) is 13.2 Å². The third-order valence-electron chi connectivity index (χ3n) is 4.42. The van der Waals surface area contributed by atoms with Crippen LogP contribution in [-0.2, 0) is 22.4 Å². The summed E-state index contributed by atoms with van der Waals surface area (Å²) in [4.78, 5) is 12.8. The molecule has 0 saturated carbocycles. The van der Waals surface area contributed by atoms with E-state index in [1.54, 1.807) is 36.4 Å². The van der Waals surface area contributed by atoms with Gasteiger partial charge in [-0.15, -0.1) is 6.58 Å². The standard InChI is InChI=1S/C24H24N2O4S/c1-2-16-25-31(28,29)18-19-12-14-21(15-13-19)26-24(27)23-11-7-6-8-20(23)17-30-22-9-4-3-5-10-22/h2-15,25H,1,16-18H2,(H,26,27). The molecule has 0 aliphatic rings. The van der Waals surface area contributed by atoms with Gasteiger partial charge in [-0.3, -0.25) is 4.79 Å². The van der Waals surface area contributed by atoms with Crippen LogP contribution >= 0.6 is 0 Å². The van der Waals surface area contributed by atoms with Crippen LogP contribution in [0.15, 0.2) is 91.5 Å². The third-order valence-corrected chi connectivity index (χ3v) is 5.74. The van der Waals surface area contributed by atoms with Crippen molar-refractivity contribution >= 4 is 21.6 Å². The van der Waals surface area contributed by atoms with Gasteiger partial charge < -0.3 is 10.1 Å². The minimum absolute atomic E-state index is 0.144. The van der Waals surface area contributed by atoms with Crippen LogP contribution in [-0.4, -0.2) is 20.9 Å². The van der Waals surface area contributed by atoms with Crippen LogP contribution in [0.1, 0.15) is 21.5 Å². The van der Waals surface area contributed by atoms with Gasteiger partial charge >= 0.3 is 0 Å². The number of rotatable bonds is 10. The quantitative estimate of drug-likeness (QED) is 0.468. The maximum Gasteiger partial charge on any atom is 0.256 e. The van der Waals surface area contributed by atoms with Gasteiger partial charge in [0, 0.05) is 23.4 Å². The molecule has 0 radical (unpaired) electrons. The van der Waals surface area contributed by atoms with Crippen LogP contribution in [0.5, 0.6) is 5.75 Å². The zero-order valence-electron chi connectivity index (χ0n) is 17.0. The Labute approximate surface area is 182 Å². The van der Waals surface area contributed by atoms with Gasteiger partial charge in [-0.05, 0) is 35.9 Å². The molecule has 3 aromatic rings. The molecule has 0 aromatic heterocycles. The zero-order valence-corrected chi connectivity index (χ0v) is 17.8. The highest BCUT2D eigenvalue weighted by Crippen LogP contribution is 2.17. The van der Waals surface area contributed by atoms with Gasteiger partial charge in [0.05, 0.1) is 5.75 Å². The highest BCUT2D eigenvalue weighted by atomic mass is 32.2. The lowest BCUT2D eigenvalue weighted by Crippen LogP contribution is -2.25. The van der Waals surface area contributed by atoms with E-state index in [0.717, 1.165) is 11.3 Å². The van der Waals surface area contributed by atoms with Crippen molar-refractivity contribution in [3.63, 3.8) is 0 Å². The fourth-order valence-corrected chi connectivity index (χ4v) is 3.99. The normalized spacial score (nSPS) is 11.0. The number of hydrogen-bond acceptors (Lipinski definition) is 4. The average molecular weight is 437 g/mol. The lowest BCUT2D eigenvalue weighted by Gasteiger charge is -2.12. The van der Waals surface area contributed by atoms with Crippen molar-refractivity contribution in [2.24, 2.45) is 0 Å². The molecular formula is C24H24N2O4S. The summed E-state index contributed by atoms with van der Waals surface area (Å²) in [6.07, 6.45) is 1.49. The van der Waals surface area contributed by atoms with Crippen molar-refractivity contribution in [3.8, 4) is 5.75 Å². The number of sulfonamides is 1. The number of anilines is 1. The molecule has 7 heteroatoms. The van der Waals surface area contributed by atoms with E-state index in [1.165, 1.54) is 6.08 Å². The van der Waals surface area contributed by atoms with Crippen molar-refractivity contribution in [1.29, 1.82) is 0 Å². The number of carbonyl (C=O) groups is 1. The Bertz CT molecular complexity index is 1130. The third kappa shape index (κ3) is 6.80. The van der Waals surface area contributed by atoms with Crippen LogP contribution in [0.3, 0.4) is 0 Å². The first-order chi connectivity index (χ1) is 15.0. The second-order valence-electron chi connectivity index (χ2n) is 6.81. The predicted octanol–water partition coefficient (Wildman–Crippen LogP) is 4.12. The second-order valence-corrected chi connectivity index (χ2v) is 8.61. The van der Waals surface area contributed by atoms with Crippen LogP contribution in [0.4, 0.5) is 5.69 Å². The van der Waals surface area contributed by atoms with Crippen LogP contribution in [0.25, 0.3) is 0 Å². The summed E-state index contributed by atoms with van der Waals surface area (Å²) >= 11 is 0. The highest BCUT2D eigenvalue weighted by molar-refractivity contribution is 7.88. The maximum absolute atomic E-state index is 12.8.